The van der Waals surface area contributed by atoms with Gasteiger partial charge in [0.05, 0.1) is 0 Å². The quantitative estimate of drug-likeness (QED) is 0.101. The van der Waals surface area contributed by atoms with Gasteiger partial charge in [-0.25, -0.2) is 0 Å². The zero-order chi connectivity index (χ0) is 42.7. The van der Waals surface area contributed by atoms with E-state index < -0.39 is 47.9 Å². The second-order valence-electron chi connectivity index (χ2n) is 18.4. The monoisotopic (exact) mass is 851 g/mol. The molecule has 0 amide bonds. The lowest BCUT2D eigenvalue weighted by molar-refractivity contribution is -0.367. The third kappa shape index (κ3) is 13.8. The molecule has 0 unspecified atom stereocenters. The molecule has 57 heavy (non-hydrogen) atoms. The number of alkyl halides is 14. The Morgan fingerprint density at radius 3 is 0.772 bits per heavy atom. The van der Waals surface area contributed by atoms with E-state index in [1.54, 1.807) is 0 Å². The Labute approximate surface area is 331 Å². The number of unbranched alkanes of at least 4 members (excludes halogenated alkanes) is 3. The second kappa shape index (κ2) is 21.7. The van der Waals surface area contributed by atoms with Gasteiger partial charge in [-0.15, -0.1) is 0 Å². The third-order valence-electron chi connectivity index (χ3n) is 14.3. The largest absolute Gasteiger partial charge is 0.459 e. The van der Waals surface area contributed by atoms with Gasteiger partial charge in [-0.05, 0) is 86.9 Å². The zero-order valence-corrected chi connectivity index (χ0v) is 34.0. The summed E-state index contributed by atoms with van der Waals surface area (Å²) >= 11 is 0. The summed E-state index contributed by atoms with van der Waals surface area (Å²) in [5.41, 5.74) is 0. The van der Waals surface area contributed by atoms with E-state index in [2.05, 4.69) is 13.8 Å². The van der Waals surface area contributed by atoms with Crippen LogP contribution in [0, 0.1) is 47.3 Å². The Kier molecular flexibility index (Phi) is 19.2. The molecule has 0 radical (unpaired) electrons. The van der Waals surface area contributed by atoms with Crippen LogP contribution < -0.4 is 0 Å². The summed E-state index contributed by atoms with van der Waals surface area (Å²) in [5, 5.41) is 0. The number of hydrogen-bond donors (Lipinski definition) is 0. The normalized spacial score (nSPS) is 30.1. The van der Waals surface area contributed by atoms with Crippen molar-refractivity contribution in [3.05, 3.63) is 0 Å². The first-order valence-corrected chi connectivity index (χ1v) is 22.1. The van der Waals surface area contributed by atoms with E-state index in [1.807, 2.05) is 0 Å². The van der Waals surface area contributed by atoms with Crippen LogP contribution in [0.5, 0.6) is 0 Å². The third-order valence-corrected chi connectivity index (χ3v) is 14.3. The van der Waals surface area contributed by atoms with Crippen molar-refractivity contribution in [2.75, 3.05) is 0 Å². The van der Waals surface area contributed by atoms with Gasteiger partial charge in [0.2, 0.25) is 0 Å². The predicted molar refractivity (Wildman–Crippen MR) is 196 cm³/mol. The average Bonchev–Trinajstić information content (AvgIpc) is 3.16. The Morgan fingerprint density at radius 1 is 0.298 bits per heavy atom. The lowest BCUT2D eigenvalue weighted by atomic mass is 9.73. The molecule has 0 aliphatic heterocycles. The van der Waals surface area contributed by atoms with Crippen molar-refractivity contribution in [2.24, 2.45) is 47.3 Å². The van der Waals surface area contributed by atoms with Crippen LogP contribution in [0.2, 0.25) is 0 Å². The lowest BCUT2D eigenvalue weighted by Crippen LogP contribution is -2.56. The van der Waals surface area contributed by atoms with Crippen LogP contribution in [0.25, 0.3) is 0 Å². The molecule has 0 spiro atoms. The molecule has 0 aromatic heterocycles. The van der Waals surface area contributed by atoms with Crippen molar-refractivity contribution in [1.82, 2.24) is 0 Å². The van der Waals surface area contributed by atoms with Crippen LogP contribution in [0.15, 0.2) is 0 Å². The van der Waals surface area contributed by atoms with E-state index in [4.69, 9.17) is 0 Å². The molecule has 4 rings (SSSR count). The molecule has 0 aromatic rings. The maximum atomic E-state index is 13.9. The van der Waals surface area contributed by atoms with Crippen LogP contribution in [-0.4, -0.2) is 36.0 Å². The highest BCUT2D eigenvalue weighted by atomic mass is 19.4. The Hall–Kier alpha value is -0.980. The van der Waals surface area contributed by atoms with Crippen molar-refractivity contribution >= 4 is 0 Å². The molecule has 0 nitrogen and oxygen atoms in total. The van der Waals surface area contributed by atoms with Gasteiger partial charge in [-0.2, -0.15) is 61.5 Å². The van der Waals surface area contributed by atoms with Gasteiger partial charge in [0.15, 0.2) is 0 Å². The van der Waals surface area contributed by atoms with E-state index in [1.165, 1.54) is 96.3 Å². The fraction of sp³-hybridized carbons (Fsp3) is 1.00. The van der Waals surface area contributed by atoms with Crippen LogP contribution in [0.4, 0.5) is 61.5 Å². The number of rotatable bonds is 17. The lowest BCUT2D eigenvalue weighted by Gasteiger charge is -2.38. The standard InChI is InChI=1S/C22H35F7.C21H33F7/c1-2-3-4-5-16-6-8-17(9-7-16)10-11-18-12-14-19(15-13-18)20(23,24)21(25,26)22(27,28)29;1-2-3-4-15-5-7-16(8-6-15)9-10-17-11-13-18(14-12-17)19(22,23)20(24,25)21(26,27)28/h16-19H,2-15H2,1H3;15-18H,2-14H2,1H3/t16-,17-,18-,19-;15-,16-,17-,18-. The Bertz CT molecular complexity index is 1100. The minimum Gasteiger partial charge on any atom is -0.199 e. The molecule has 14 heteroatoms. The van der Waals surface area contributed by atoms with Gasteiger partial charge >= 0.3 is 36.0 Å². The van der Waals surface area contributed by atoms with Crippen molar-refractivity contribution in [3.63, 3.8) is 0 Å². The molecule has 0 bridgehead atoms. The number of hydrogen-bond acceptors (Lipinski definition) is 0. The topological polar surface area (TPSA) is 0 Å². The smallest absolute Gasteiger partial charge is 0.199 e. The number of halogens is 14. The van der Waals surface area contributed by atoms with E-state index in [-0.39, 0.29) is 37.5 Å². The highest BCUT2D eigenvalue weighted by molar-refractivity contribution is 4.98. The first-order chi connectivity index (χ1) is 26.5. The Morgan fingerprint density at radius 2 is 0.526 bits per heavy atom. The summed E-state index contributed by atoms with van der Waals surface area (Å²) in [6.07, 6.45) is 10.3. The van der Waals surface area contributed by atoms with Gasteiger partial charge in [0, 0.05) is 11.8 Å². The summed E-state index contributed by atoms with van der Waals surface area (Å²) in [6.45, 7) is 4.40. The van der Waals surface area contributed by atoms with Crippen LogP contribution in [-0.2, 0) is 0 Å². The van der Waals surface area contributed by atoms with Gasteiger partial charge < -0.3 is 0 Å². The van der Waals surface area contributed by atoms with Crippen molar-refractivity contribution in [2.45, 2.75) is 223 Å². The van der Waals surface area contributed by atoms with E-state index in [0.717, 1.165) is 37.5 Å². The summed E-state index contributed by atoms with van der Waals surface area (Å²) in [5.74, 6) is -22.5. The highest BCUT2D eigenvalue weighted by Gasteiger charge is 2.76. The van der Waals surface area contributed by atoms with Crippen molar-refractivity contribution < 1.29 is 61.5 Å². The molecule has 4 aliphatic carbocycles. The second-order valence-corrected chi connectivity index (χ2v) is 18.4. The average molecular weight is 851 g/mol. The van der Waals surface area contributed by atoms with Gasteiger partial charge in [-0.3, -0.25) is 0 Å². The summed E-state index contributed by atoms with van der Waals surface area (Å²) in [6, 6.07) is 0. The molecule has 0 atom stereocenters. The van der Waals surface area contributed by atoms with Gasteiger partial charge in [0.1, 0.15) is 0 Å². The van der Waals surface area contributed by atoms with Crippen molar-refractivity contribution in [1.29, 1.82) is 0 Å². The molecular weight excluding hydrogens is 782 g/mol. The molecule has 0 N–H and O–H groups in total. The Balaban J connectivity index is 0.000000306. The summed E-state index contributed by atoms with van der Waals surface area (Å²) < 4.78 is 182. The van der Waals surface area contributed by atoms with Crippen LogP contribution in [0.1, 0.15) is 187 Å². The van der Waals surface area contributed by atoms with Crippen LogP contribution >= 0.6 is 0 Å². The molecule has 4 fully saturated rings. The maximum absolute atomic E-state index is 13.9. The zero-order valence-electron chi connectivity index (χ0n) is 34.0. The first-order valence-electron chi connectivity index (χ1n) is 22.1. The van der Waals surface area contributed by atoms with Crippen LogP contribution in [0.3, 0.4) is 0 Å². The minimum absolute atomic E-state index is 0.170. The molecule has 4 aliphatic rings. The first kappa shape index (κ1) is 50.4. The van der Waals surface area contributed by atoms with E-state index in [0.29, 0.717) is 37.5 Å². The molecular formula is C43H68F14. The predicted octanol–water partition coefficient (Wildman–Crippen LogP) is 17.2. The fourth-order valence-corrected chi connectivity index (χ4v) is 10.3. The fourth-order valence-electron chi connectivity index (χ4n) is 10.3. The maximum Gasteiger partial charge on any atom is 0.459 e. The highest BCUT2D eigenvalue weighted by Crippen LogP contribution is 2.55. The molecule has 4 saturated carbocycles. The summed E-state index contributed by atoms with van der Waals surface area (Å²) in [7, 11) is 0. The SMILES string of the molecule is CCCCC[C@H]1CC[C@H](CC[C@H]2CC[C@H](C(F)(F)C(F)(F)C(F)(F)F)CC2)CC1.CCCC[C@H]1CC[C@H](CC[C@H]2CC[C@H](C(F)(F)C(F)(F)C(F)(F)F)CC2)CC1. The molecule has 0 saturated heterocycles. The van der Waals surface area contributed by atoms with Gasteiger partial charge in [-0.1, -0.05) is 136 Å². The minimum atomic E-state index is -6.22. The summed E-state index contributed by atoms with van der Waals surface area (Å²) in [4.78, 5) is 0. The molecule has 338 valence electrons. The van der Waals surface area contributed by atoms with E-state index in [9.17, 15) is 61.5 Å². The van der Waals surface area contributed by atoms with E-state index >= 15 is 0 Å². The van der Waals surface area contributed by atoms with Crippen molar-refractivity contribution in [3.8, 4) is 0 Å². The van der Waals surface area contributed by atoms with Gasteiger partial charge in [0.25, 0.3) is 0 Å². The molecule has 0 aromatic carbocycles. The molecule has 0 heterocycles.